The van der Waals surface area contributed by atoms with Crippen LogP contribution < -0.4 is 15.0 Å². The number of likely N-dealkylation sites (N-methyl/N-ethyl adjacent to an activating group) is 1. The van der Waals surface area contributed by atoms with Crippen LogP contribution in [0.15, 0.2) is 72.8 Å². The van der Waals surface area contributed by atoms with Gasteiger partial charge in [-0.15, -0.1) is 0 Å². The maximum Gasteiger partial charge on any atom is 0.413 e. The van der Waals surface area contributed by atoms with Crippen molar-refractivity contribution in [1.82, 2.24) is 5.32 Å². The van der Waals surface area contributed by atoms with Crippen molar-refractivity contribution in [2.75, 3.05) is 11.9 Å². The maximum absolute atomic E-state index is 13.7. The minimum Gasteiger partial charge on any atom is -0.410 e. The third-order valence-corrected chi connectivity index (χ3v) is 4.95. The standard InChI is InChI=1S/C25H22F4N2O3.H2S/c1-31(20-9-7-16(8-10-20)14-23(28)29)24(32)22(13-17-11-18(26)15-19(27)12-17)30-25(33)34-21-5-3-2-4-6-21;/h2-12,15,22-23H,13-14H2,1H3,(H,30,33);1H2/t22-;/m0./s1. The van der Waals surface area contributed by atoms with Crippen molar-refractivity contribution in [2.45, 2.75) is 25.3 Å². The number of anilines is 1. The molecular formula is C25H24F4N2O3S. The number of alkyl halides is 2. The highest BCUT2D eigenvalue weighted by Crippen LogP contribution is 2.19. The van der Waals surface area contributed by atoms with E-state index in [1.165, 1.54) is 36.2 Å². The Kier molecular flexibility index (Phi) is 10.1. The van der Waals surface area contributed by atoms with E-state index in [0.29, 0.717) is 17.3 Å². The Labute approximate surface area is 207 Å². The summed E-state index contributed by atoms with van der Waals surface area (Å²) >= 11 is 0. The summed E-state index contributed by atoms with van der Waals surface area (Å²) in [5.41, 5.74) is 0.934. The van der Waals surface area contributed by atoms with Crippen molar-refractivity contribution in [2.24, 2.45) is 0 Å². The van der Waals surface area contributed by atoms with Gasteiger partial charge in [-0.1, -0.05) is 30.3 Å². The Bertz CT molecular complexity index is 1110. The molecule has 0 bridgehead atoms. The molecule has 5 nitrogen and oxygen atoms in total. The molecule has 0 aliphatic carbocycles. The summed E-state index contributed by atoms with van der Waals surface area (Å²) < 4.78 is 57.7. The lowest BCUT2D eigenvalue weighted by molar-refractivity contribution is -0.120. The summed E-state index contributed by atoms with van der Waals surface area (Å²) in [6.07, 6.45) is -4.06. The Morgan fingerprint density at radius 3 is 2.06 bits per heavy atom. The number of benzene rings is 3. The van der Waals surface area contributed by atoms with Crippen molar-refractivity contribution in [3.05, 3.63) is 95.6 Å². The van der Waals surface area contributed by atoms with Crippen LogP contribution in [-0.2, 0) is 17.6 Å². The third-order valence-electron chi connectivity index (χ3n) is 4.95. The van der Waals surface area contributed by atoms with E-state index in [1.54, 1.807) is 30.3 Å². The Balaban J connectivity index is 0.00000432. The van der Waals surface area contributed by atoms with Gasteiger partial charge in [0.2, 0.25) is 12.3 Å². The molecule has 0 radical (unpaired) electrons. The lowest BCUT2D eigenvalue weighted by Gasteiger charge is -2.25. The molecule has 2 amide bonds. The van der Waals surface area contributed by atoms with Crippen molar-refractivity contribution in [1.29, 1.82) is 0 Å². The number of carbonyl (C=O) groups excluding carboxylic acids is 2. The summed E-state index contributed by atoms with van der Waals surface area (Å²) in [5.74, 6) is -2.01. The van der Waals surface area contributed by atoms with Crippen molar-refractivity contribution < 1.29 is 31.9 Å². The summed E-state index contributed by atoms with van der Waals surface area (Å²) in [7, 11) is 1.44. The van der Waals surface area contributed by atoms with Crippen LogP contribution in [-0.4, -0.2) is 31.5 Å². The molecule has 186 valence electrons. The van der Waals surface area contributed by atoms with E-state index in [9.17, 15) is 27.2 Å². The molecule has 3 rings (SSSR count). The number of carbonyl (C=O) groups is 2. The van der Waals surface area contributed by atoms with E-state index < -0.39 is 42.5 Å². The molecule has 0 fully saturated rings. The second-order valence-corrected chi connectivity index (χ2v) is 7.54. The quantitative estimate of drug-likeness (QED) is 0.423. The molecule has 1 N–H and O–H groups in total. The summed E-state index contributed by atoms with van der Waals surface area (Å²) in [4.78, 5) is 26.9. The van der Waals surface area contributed by atoms with Gasteiger partial charge in [0, 0.05) is 31.6 Å². The Morgan fingerprint density at radius 1 is 0.886 bits per heavy atom. The van der Waals surface area contributed by atoms with E-state index in [2.05, 4.69) is 5.32 Å². The zero-order chi connectivity index (χ0) is 24.7. The molecule has 3 aromatic rings. The van der Waals surface area contributed by atoms with E-state index >= 15 is 0 Å². The first-order chi connectivity index (χ1) is 16.2. The molecule has 1 atom stereocenters. The highest BCUT2D eigenvalue weighted by molar-refractivity contribution is 7.59. The molecule has 0 saturated carbocycles. The zero-order valence-electron chi connectivity index (χ0n) is 18.7. The SMILES string of the molecule is CN(C(=O)[C@H](Cc1cc(F)cc(F)c1)NC(=O)Oc1ccccc1)c1ccc(CC(F)F)cc1.S. The molecule has 0 aliphatic heterocycles. The van der Waals surface area contributed by atoms with Crippen LogP contribution in [0, 0.1) is 11.6 Å². The predicted octanol–water partition coefficient (Wildman–Crippen LogP) is 5.25. The molecule has 10 heteroatoms. The first-order valence-electron chi connectivity index (χ1n) is 10.3. The van der Waals surface area contributed by atoms with Crippen LogP contribution in [0.4, 0.5) is 28.0 Å². The van der Waals surface area contributed by atoms with Crippen LogP contribution in [0.3, 0.4) is 0 Å². The fourth-order valence-electron chi connectivity index (χ4n) is 3.33. The zero-order valence-corrected chi connectivity index (χ0v) is 19.7. The highest BCUT2D eigenvalue weighted by atomic mass is 32.1. The summed E-state index contributed by atoms with van der Waals surface area (Å²) in [6.45, 7) is 0. The van der Waals surface area contributed by atoms with Crippen LogP contribution >= 0.6 is 13.5 Å². The lowest BCUT2D eigenvalue weighted by Crippen LogP contribution is -2.49. The lowest BCUT2D eigenvalue weighted by atomic mass is 10.0. The van der Waals surface area contributed by atoms with E-state index in [1.807, 2.05) is 0 Å². The third kappa shape index (κ3) is 8.32. The average molecular weight is 509 g/mol. The molecule has 35 heavy (non-hydrogen) atoms. The van der Waals surface area contributed by atoms with Gasteiger partial charge in [-0.2, -0.15) is 13.5 Å². The number of hydrogen-bond donors (Lipinski definition) is 1. The van der Waals surface area contributed by atoms with Gasteiger partial charge in [0.25, 0.3) is 0 Å². The highest BCUT2D eigenvalue weighted by Gasteiger charge is 2.26. The van der Waals surface area contributed by atoms with Gasteiger partial charge in [-0.05, 0) is 47.5 Å². The number of rotatable bonds is 8. The molecular weight excluding hydrogens is 484 g/mol. The van der Waals surface area contributed by atoms with Gasteiger partial charge in [-0.25, -0.2) is 22.4 Å². The fourth-order valence-corrected chi connectivity index (χ4v) is 3.33. The van der Waals surface area contributed by atoms with Gasteiger partial charge in [-0.3, -0.25) is 4.79 Å². The second kappa shape index (κ2) is 12.8. The van der Waals surface area contributed by atoms with Gasteiger partial charge in [0.1, 0.15) is 23.4 Å². The number of nitrogens with one attached hydrogen (secondary N) is 1. The van der Waals surface area contributed by atoms with Gasteiger partial charge < -0.3 is 15.0 Å². The van der Waals surface area contributed by atoms with Crippen LogP contribution in [0.5, 0.6) is 5.75 Å². The van der Waals surface area contributed by atoms with Crippen molar-refractivity contribution in [3.63, 3.8) is 0 Å². The molecule has 0 aromatic heterocycles. The number of amides is 2. The van der Waals surface area contributed by atoms with Gasteiger partial charge >= 0.3 is 6.09 Å². The topological polar surface area (TPSA) is 58.6 Å². The monoisotopic (exact) mass is 508 g/mol. The van der Waals surface area contributed by atoms with Gasteiger partial charge in [0.15, 0.2) is 0 Å². The Morgan fingerprint density at radius 2 is 1.49 bits per heavy atom. The van der Waals surface area contributed by atoms with Crippen LogP contribution in [0.25, 0.3) is 0 Å². The molecule has 0 heterocycles. The minimum absolute atomic E-state index is 0. The van der Waals surface area contributed by atoms with Crippen LogP contribution in [0.1, 0.15) is 11.1 Å². The number of para-hydroxylation sites is 1. The van der Waals surface area contributed by atoms with Crippen LogP contribution in [0.2, 0.25) is 0 Å². The Hall–Kier alpha value is -3.53. The average Bonchev–Trinajstić information content (AvgIpc) is 2.78. The number of halogens is 4. The summed E-state index contributed by atoms with van der Waals surface area (Å²) in [6, 6.07) is 15.7. The fraction of sp³-hybridized carbons (Fsp3) is 0.200. The smallest absolute Gasteiger partial charge is 0.410 e. The summed E-state index contributed by atoms with van der Waals surface area (Å²) in [5, 5.41) is 2.44. The molecule has 0 spiro atoms. The minimum atomic E-state index is -2.50. The molecule has 0 aliphatic rings. The molecule has 0 unspecified atom stereocenters. The van der Waals surface area contributed by atoms with Gasteiger partial charge in [0.05, 0.1) is 0 Å². The second-order valence-electron chi connectivity index (χ2n) is 7.54. The maximum atomic E-state index is 13.7. The van der Waals surface area contributed by atoms with Crippen molar-refractivity contribution >= 4 is 31.2 Å². The normalized spacial score (nSPS) is 11.4. The first-order valence-corrected chi connectivity index (χ1v) is 10.3. The molecule has 3 aromatic carbocycles. The van der Waals surface area contributed by atoms with Crippen molar-refractivity contribution in [3.8, 4) is 5.75 Å². The van der Waals surface area contributed by atoms with E-state index in [0.717, 1.165) is 12.1 Å². The molecule has 0 saturated heterocycles. The number of nitrogens with zero attached hydrogens (tertiary/aromatic N) is 1. The largest absolute Gasteiger partial charge is 0.413 e. The van der Waals surface area contributed by atoms with E-state index in [-0.39, 0.29) is 31.2 Å². The number of hydrogen-bond acceptors (Lipinski definition) is 3. The van der Waals surface area contributed by atoms with E-state index in [4.69, 9.17) is 4.74 Å². The first kappa shape index (κ1) is 27.7. The number of ether oxygens (including phenoxy) is 1. The predicted molar refractivity (Wildman–Crippen MR) is 129 cm³/mol.